The molecule has 0 aliphatic carbocycles. The number of hydrogen-bond donors (Lipinski definition) is 2. The number of nitrogens with zero attached hydrogens (tertiary/aromatic N) is 3. The van der Waals surface area contributed by atoms with Crippen LogP contribution >= 0.6 is 0 Å². The number of likely N-dealkylation sites (tertiary alicyclic amines) is 1. The Balaban J connectivity index is 2.01. The molecule has 8 heteroatoms. The number of carbonyl (C=O) groups is 1. The van der Waals surface area contributed by atoms with Gasteiger partial charge in [-0.05, 0) is 18.9 Å². The number of nitro groups is 1. The monoisotopic (exact) mass is 289 g/mol. The molecule has 21 heavy (non-hydrogen) atoms. The lowest BCUT2D eigenvalue weighted by Gasteiger charge is -2.22. The summed E-state index contributed by atoms with van der Waals surface area (Å²) in [5.41, 5.74) is 6.44. The van der Waals surface area contributed by atoms with E-state index < -0.39 is 4.92 Å². The van der Waals surface area contributed by atoms with Crippen molar-refractivity contribution >= 4 is 22.5 Å². The Morgan fingerprint density at radius 1 is 1.57 bits per heavy atom. The minimum absolute atomic E-state index is 0.0166. The Hall–Kier alpha value is -2.48. The Morgan fingerprint density at radius 2 is 2.38 bits per heavy atom. The molecule has 0 radical (unpaired) electrons. The summed E-state index contributed by atoms with van der Waals surface area (Å²) in [4.78, 5) is 24.7. The van der Waals surface area contributed by atoms with E-state index in [4.69, 9.17) is 5.73 Å². The number of fused-ring (bicyclic) bond motifs is 1. The number of carbonyl (C=O) groups excluding carboxylic acids is 1. The van der Waals surface area contributed by atoms with Crippen molar-refractivity contribution in [3.8, 4) is 0 Å². The number of non-ortho nitro benzene ring substituents is 1. The van der Waals surface area contributed by atoms with Crippen LogP contribution in [0.4, 0.5) is 5.69 Å². The third-order valence-corrected chi connectivity index (χ3v) is 3.87. The summed E-state index contributed by atoms with van der Waals surface area (Å²) in [7, 11) is 0. The molecule has 1 aliphatic rings. The normalized spacial score (nSPS) is 18.3. The van der Waals surface area contributed by atoms with Crippen LogP contribution in [-0.4, -0.2) is 45.1 Å². The van der Waals surface area contributed by atoms with Crippen molar-refractivity contribution in [2.75, 3.05) is 13.1 Å². The predicted molar refractivity (Wildman–Crippen MR) is 75.9 cm³/mol. The summed E-state index contributed by atoms with van der Waals surface area (Å²) in [5, 5.41) is 18.1. The maximum absolute atomic E-state index is 12.6. The number of hydrogen-bond acceptors (Lipinski definition) is 5. The third kappa shape index (κ3) is 2.23. The van der Waals surface area contributed by atoms with Crippen molar-refractivity contribution in [2.24, 2.45) is 5.73 Å². The number of benzene rings is 1. The molecule has 0 bridgehead atoms. The zero-order valence-corrected chi connectivity index (χ0v) is 11.3. The second-order valence-electron chi connectivity index (χ2n) is 5.09. The van der Waals surface area contributed by atoms with Gasteiger partial charge in [-0.2, -0.15) is 5.10 Å². The Kier molecular flexibility index (Phi) is 3.30. The van der Waals surface area contributed by atoms with Gasteiger partial charge in [-0.1, -0.05) is 0 Å². The first-order valence-corrected chi connectivity index (χ1v) is 6.75. The third-order valence-electron chi connectivity index (χ3n) is 3.87. The molecule has 2 heterocycles. The summed E-state index contributed by atoms with van der Waals surface area (Å²) in [6.45, 7) is 1.05. The van der Waals surface area contributed by atoms with Crippen LogP contribution in [0.25, 0.3) is 10.9 Å². The molecule has 110 valence electrons. The standard InChI is InChI=1S/C13H15N5O3/c14-7-9-2-1-5-17(9)13(19)12-10-6-8(18(20)21)3-4-11(10)15-16-12/h3-4,6,9H,1-2,5,7,14H2,(H,15,16). The van der Waals surface area contributed by atoms with E-state index in [0.29, 0.717) is 24.0 Å². The average molecular weight is 289 g/mol. The SMILES string of the molecule is NCC1CCCN1C(=O)c1n[nH]c2ccc([N+](=O)[O-])cc12. The molecular weight excluding hydrogens is 274 g/mol. The number of rotatable bonds is 3. The number of amides is 1. The molecular formula is C13H15N5O3. The van der Waals surface area contributed by atoms with Gasteiger partial charge in [-0.15, -0.1) is 0 Å². The maximum Gasteiger partial charge on any atom is 0.275 e. The van der Waals surface area contributed by atoms with Crippen LogP contribution in [0.1, 0.15) is 23.3 Å². The van der Waals surface area contributed by atoms with Gasteiger partial charge in [0.05, 0.1) is 10.4 Å². The first-order valence-electron chi connectivity index (χ1n) is 6.75. The first kappa shape index (κ1) is 13.5. The molecule has 1 saturated heterocycles. The van der Waals surface area contributed by atoms with Gasteiger partial charge < -0.3 is 10.6 Å². The molecule has 2 aromatic rings. The minimum atomic E-state index is -0.487. The summed E-state index contributed by atoms with van der Waals surface area (Å²) in [5.74, 6) is -0.227. The van der Waals surface area contributed by atoms with Crippen molar-refractivity contribution in [3.05, 3.63) is 34.0 Å². The van der Waals surface area contributed by atoms with Gasteiger partial charge in [0.2, 0.25) is 0 Å². The van der Waals surface area contributed by atoms with Gasteiger partial charge in [0.15, 0.2) is 5.69 Å². The lowest BCUT2D eigenvalue weighted by atomic mass is 10.1. The van der Waals surface area contributed by atoms with E-state index in [9.17, 15) is 14.9 Å². The van der Waals surface area contributed by atoms with Crippen molar-refractivity contribution in [1.29, 1.82) is 0 Å². The lowest BCUT2D eigenvalue weighted by molar-refractivity contribution is -0.384. The Bertz CT molecular complexity index is 711. The van der Waals surface area contributed by atoms with Crippen LogP contribution < -0.4 is 5.73 Å². The number of H-pyrrole nitrogens is 1. The van der Waals surface area contributed by atoms with Gasteiger partial charge in [0, 0.05) is 36.7 Å². The topological polar surface area (TPSA) is 118 Å². The van der Waals surface area contributed by atoms with Gasteiger partial charge >= 0.3 is 0 Å². The fourth-order valence-electron chi connectivity index (χ4n) is 2.76. The highest BCUT2D eigenvalue weighted by Gasteiger charge is 2.30. The Labute approximate surface area is 120 Å². The number of nitrogens with one attached hydrogen (secondary N) is 1. The van der Waals surface area contributed by atoms with E-state index in [1.165, 1.54) is 12.1 Å². The molecule has 8 nitrogen and oxygen atoms in total. The fourth-order valence-corrected chi connectivity index (χ4v) is 2.76. The maximum atomic E-state index is 12.6. The smallest absolute Gasteiger partial charge is 0.275 e. The number of aromatic nitrogens is 2. The fraction of sp³-hybridized carbons (Fsp3) is 0.385. The van der Waals surface area contributed by atoms with E-state index in [1.54, 1.807) is 11.0 Å². The molecule has 1 amide bonds. The first-order chi connectivity index (χ1) is 10.1. The van der Waals surface area contributed by atoms with Crippen molar-refractivity contribution in [2.45, 2.75) is 18.9 Å². The zero-order chi connectivity index (χ0) is 15.0. The molecule has 1 unspecified atom stereocenters. The molecule has 3 N–H and O–H groups in total. The second kappa shape index (κ2) is 5.13. The summed E-state index contributed by atoms with van der Waals surface area (Å²) >= 11 is 0. The van der Waals surface area contributed by atoms with Gasteiger partial charge in [-0.25, -0.2) is 0 Å². The quantitative estimate of drug-likeness (QED) is 0.646. The van der Waals surface area contributed by atoms with Crippen LogP contribution in [0.5, 0.6) is 0 Å². The van der Waals surface area contributed by atoms with Gasteiger partial charge in [0.1, 0.15) is 0 Å². The average Bonchev–Trinajstić information content (AvgIpc) is 3.12. The van der Waals surface area contributed by atoms with E-state index in [1.807, 2.05) is 0 Å². The van der Waals surface area contributed by atoms with Crippen LogP contribution in [0.15, 0.2) is 18.2 Å². The number of aromatic amines is 1. The molecule has 0 saturated carbocycles. The van der Waals surface area contributed by atoms with Crippen LogP contribution in [0, 0.1) is 10.1 Å². The number of nitrogens with two attached hydrogens (primary N) is 1. The van der Waals surface area contributed by atoms with Crippen molar-refractivity contribution in [3.63, 3.8) is 0 Å². The van der Waals surface area contributed by atoms with E-state index in [0.717, 1.165) is 12.8 Å². The van der Waals surface area contributed by atoms with Crippen molar-refractivity contribution < 1.29 is 9.72 Å². The molecule has 1 aliphatic heterocycles. The summed E-state index contributed by atoms with van der Waals surface area (Å²) < 4.78 is 0. The second-order valence-corrected chi connectivity index (χ2v) is 5.09. The molecule has 1 fully saturated rings. The van der Waals surface area contributed by atoms with E-state index in [-0.39, 0.29) is 23.3 Å². The minimum Gasteiger partial charge on any atom is -0.333 e. The molecule has 3 rings (SSSR count). The highest BCUT2D eigenvalue weighted by atomic mass is 16.6. The largest absolute Gasteiger partial charge is 0.333 e. The van der Waals surface area contributed by atoms with E-state index >= 15 is 0 Å². The van der Waals surface area contributed by atoms with Crippen LogP contribution in [-0.2, 0) is 0 Å². The number of nitro benzene ring substituents is 1. The highest BCUT2D eigenvalue weighted by molar-refractivity contribution is 6.05. The molecule has 1 aromatic carbocycles. The van der Waals surface area contributed by atoms with E-state index in [2.05, 4.69) is 10.2 Å². The predicted octanol–water partition coefficient (Wildman–Crippen LogP) is 1.03. The summed E-state index contributed by atoms with van der Waals surface area (Å²) in [6, 6.07) is 4.33. The van der Waals surface area contributed by atoms with Crippen LogP contribution in [0.2, 0.25) is 0 Å². The molecule has 1 aromatic heterocycles. The van der Waals surface area contributed by atoms with Gasteiger partial charge in [0.25, 0.3) is 11.6 Å². The highest BCUT2D eigenvalue weighted by Crippen LogP contribution is 2.25. The lowest BCUT2D eigenvalue weighted by Crippen LogP contribution is -2.40. The zero-order valence-electron chi connectivity index (χ0n) is 11.3. The Morgan fingerprint density at radius 3 is 3.10 bits per heavy atom. The van der Waals surface area contributed by atoms with Crippen LogP contribution in [0.3, 0.4) is 0 Å². The van der Waals surface area contributed by atoms with Gasteiger partial charge in [-0.3, -0.25) is 20.0 Å². The van der Waals surface area contributed by atoms with Crippen molar-refractivity contribution in [1.82, 2.24) is 15.1 Å². The molecule has 1 atom stereocenters. The molecule has 0 spiro atoms. The summed E-state index contributed by atoms with van der Waals surface area (Å²) in [6.07, 6.45) is 1.79.